The molecule has 0 bridgehead atoms. The zero-order valence-corrected chi connectivity index (χ0v) is 31.7. The van der Waals surface area contributed by atoms with Crippen LogP contribution in [0.15, 0.2) is 82.8 Å². The summed E-state index contributed by atoms with van der Waals surface area (Å²) in [5.41, 5.74) is 3.89. The van der Waals surface area contributed by atoms with Crippen molar-refractivity contribution < 1.29 is 28.7 Å². The van der Waals surface area contributed by atoms with Gasteiger partial charge < -0.3 is 29.8 Å². The lowest BCUT2D eigenvalue weighted by molar-refractivity contribution is -0.198. The highest BCUT2D eigenvalue weighted by Gasteiger charge is 2.31. The number of hydroxylamine groups is 4. The molecule has 2 aromatic carbocycles. The summed E-state index contributed by atoms with van der Waals surface area (Å²) < 4.78 is 12.3. The molecular formula is C40H44N6O6S2. The van der Waals surface area contributed by atoms with Crippen molar-refractivity contribution in [3.63, 3.8) is 0 Å². The molecule has 0 unspecified atom stereocenters. The predicted molar refractivity (Wildman–Crippen MR) is 210 cm³/mol. The monoisotopic (exact) mass is 768 g/mol. The Hall–Kier alpha value is -5.08. The number of hydrogen-bond acceptors (Lipinski definition) is 14. The molecule has 2 fully saturated rings. The van der Waals surface area contributed by atoms with E-state index in [0.717, 1.165) is 60.0 Å². The highest BCUT2D eigenvalue weighted by Crippen LogP contribution is 2.32. The number of ether oxygens (including phenoxy) is 2. The van der Waals surface area contributed by atoms with Gasteiger partial charge >= 0.3 is 11.9 Å². The average Bonchev–Trinajstić information content (AvgIpc) is 4.03. The maximum Gasteiger partial charge on any atom is 0.444 e. The lowest BCUT2D eigenvalue weighted by atomic mass is 10.1. The van der Waals surface area contributed by atoms with Gasteiger partial charge in [0.25, 0.3) is 0 Å². The number of benzene rings is 2. The highest BCUT2D eigenvalue weighted by molar-refractivity contribution is 7.14. The van der Waals surface area contributed by atoms with Crippen LogP contribution in [0.2, 0.25) is 0 Å². The number of anilines is 2. The third-order valence-electron chi connectivity index (χ3n) is 9.78. The van der Waals surface area contributed by atoms with E-state index in [0.29, 0.717) is 50.3 Å². The average molecular weight is 769 g/mol. The topological polar surface area (TPSA) is 126 Å². The fourth-order valence-corrected chi connectivity index (χ4v) is 8.87. The second-order valence-corrected chi connectivity index (χ2v) is 16.1. The van der Waals surface area contributed by atoms with Crippen molar-refractivity contribution in [1.29, 1.82) is 0 Å². The Labute approximate surface area is 322 Å². The zero-order chi connectivity index (χ0) is 36.7. The van der Waals surface area contributed by atoms with Gasteiger partial charge in [-0.15, -0.1) is 22.7 Å². The molecule has 2 aliphatic heterocycles. The van der Waals surface area contributed by atoms with E-state index in [4.69, 9.17) is 19.1 Å². The Bertz CT molecular complexity index is 1820. The molecule has 0 atom stereocenters. The molecule has 282 valence electrons. The number of carbonyl (C=O) groups excluding carboxylic acids is 2. The van der Waals surface area contributed by atoms with Gasteiger partial charge in [0.2, 0.25) is 11.9 Å². The van der Waals surface area contributed by atoms with Crippen LogP contribution in [0.25, 0.3) is 0 Å². The lowest BCUT2D eigenvalue weighted by Gasteiger charge is -2.21. The van der Waals surface area contributed by atoms with Crippen molar-refractivity contribution >= 4 is 57.9 Å². The molecule has 4 heterocycles. The van der Waals surface area contributed by atoms with Crippen LogP contribution in [-0.2, 0) is 32.1 Å². The third kappa shape index (κ3) is 9.34. The minimum absolute atomic E-state index is 0.305. The van der Waals surface area contributed by atoms with Crippen molar-refractivity contribution in [2.75, 3.05) is 36.8 Å². The molecule has 2 aromatic heterocycles. The van der Waals surface area contributed by atoms with E-state index in [9.17, 15) is 9.59 Å². The van der Waals surface area contributed by atoms with Gasteiger partial charge in [-0.05, 0) is 111 Å². The Morgan fingerprint density at radius 2 is 1.00 bits per heavy atom. The van der Waals surface area contributed by atoms with Crippen molar-refractivity contribution in [3.05, 3.63) is 93.7 Å². The van der Waals surface area contributed by atoms with Crippen LogP contribution < -0.4 is 20.1 Å². The number of aliphatic imine (C=N–C) groups is 2. The lowest BCUT2D eigenvalue weighted by Crippen LogP contribution is -2.41. The number of rotatable bonds is 12. The summed E-state index contributed by atoms with van der Waals surface area (Å²) in [4.78, 5) is 47.7. The first kappa shape index (κ1) is 35.9. The van der Waals surface area contributed by atoms with Crippen LogP contribution in [0.1, 0.15) is 72.2 Å². The molecule has 2 N–H and O–H groups in total. The second kappa shape index (κ2) is 16.9. The first-order valence-corrected chi connectivity index (χ1v) is 20.4. The number of nitrogens with one attached hydrogen (secondary N) is 2. The number of carbonyl (C=O) groups is 2. The summed E-state index contributed by atoms with van der Waals surface area (Å²) in [6, 6.07) is 24.4. The van der Waals surface area contributed by atoms with Gasteiger partial charge in [0.1, 0.15) is 0 Å². The number of hydrogen-bond donors (Lipinski definition) is 2. The number of nitrogens with zero attached hydrogens (tertiary/aromatic N) is 4. The summed E-state index contributed by atoms with van der Waals surface area (Å²) in [7, 11) is 0. The van der Waals surface area contributed by atoms with E-state index in [2.05, 4.69) is 44.9 Å². The molecule has 14 heteroatoms. The Kier molecular flexibility index (Phi) is 11.3. The molecule has 12 nitrogen and oxygen atoms in total. The van der Waals surface area contributed by atoms with Crippen LogP contribution in [-0.4, -0.2) is 72.4 Å². The molecule has 4 aliphatic rings. The highest BCUT2D eigenvalue weighted by atomic mass is 32.1. The smallest absolute Gasteiger partial charge is 0.444 e. The molecule has 2 saturated carbocycles. The van der Waals surface area contributed by atoms with Crippen molar-refractivity contribution in [1.82, 2.24) is 10.1 Å². The summed E-state index contributed by atoms with van der Waals surface area (Å²) >= 11 is 3.40. The van der Waals surface area contributed by atoms with Crippen LogP contribution in [0.3, 0.4) is 0 Å². The molecule has 2 aliphatic carbocycles. The van der Waals surface area contributed by atoms with Gasteiger partial charge in [-0.25, -0.2) is 19.6 Å². The molecular weight excluding hydrogens is 725 g/mol. The minimum atomic E-state index is -1.16. The fraction of sp³-hybridized carbons (Fsp3) is 0.400. The Balaban J connectivity index is 0.778. The number of guanidine groups is 2. The molecule has 0 saturated heterocycles. The predicted octanol–water partition coefficient (Wildman–Crippen LogP) is 7.42. The summed E-state index contributed by atoms with van der Waals surface area (Å²) in [6.07, 6.45) is 11.9. The fourth-order valence-electron chi connectivity index (χ4n) is 6.97. The molecule has 0 amide bonds. The summed E-state index contributed by atoms with van der Waals surface area (Å²) in [5.74, 6) is -1.65. The van der Waals surface area contributed by atoms with Gasteiger partial charge in [-0.2, -0.15) is 10.1 Å². The van der Waals surface area contributed by atoms with Crippen molar-refractivity contribution in [2.24, 2.45) is 9.98 Å². The molecule has 54 heavy (non-hydrogen) atoms. The van der Waals surface area contributed by atoms with Crippen LogP contribution in [0.4, 0.5) is 11.4 Å². The first-order valence-electron chi connectivity index (χ1n) is 18.8. The maximum atomic E-state index is 12.8. The van der Waals surface area contributed by atoms with E-state index in [1.54, 1.807) is 22.7 Å². The van der Waals surface area contributed by atoms with Crippen LogP contribution in [0.5, 0.6) is 10.1 Å². The zero-order valence-electron chi connectivity index (χ0n) is 30.0. The van der Waals surface area contributed by atoms with E-state index in [-0.39, 0.29) is 0 Å². The maximum absolute atomic E-state index is 12.8. The van der Waals surface area contributed by atoms with Gasteiger partial charge in [0.05, 0.1) is 38.4 Å². The molecule has 0 spiro atoms. The van der Waals surface area contributed by atoms with Gasteiger partial charge in [0.15, 0.2) is 10.1 Å². The quantitative estimate of drug-likeness (QED) is 0.141. The molecule has 0 radical (unpaired) electrons. The van der Waals surface area contributed by atoms with E-state index in [1.807, 2.05) is 48.5 Å². The second-order valence-electron chi connectivity index (χ2n) is 13.9. The van der Waals surface area contributed by atoms with Gasteiger partial charge in [0, 0.05) is 34.0 Å². The van der Waals surface area contributed by atoms with Gasteiger partial charge in [-0.3, -0.25) is 0 Å². The van der Waals surface area contributed by atoms with E-state index < -0.39 is 11.9 Å². The van der Waals surface area contributed by atoms with Crippen LogP contribution in [0, 0.1) is 0 Å². The molecule has 8 rings (SSSR count). The van der Waals surface area contributed by atoms with E-state index in [1.165, 1.54) is 56.7 Å². The first-order chi connectivity index (χ1) is 26.5. The summed E-state index contributed by atoms with van der Waals surface area (Å²) in [5, 5.41) is 10.9. The van der Waals surface area contributed by atoms with Crippen LogP contribution >= 0.6 is 22.7 Å². The number of thiophene rings is 2. The third-order valence-corrected chi connectivity index (χ3v) is 11.7. The Morgan fingerprint density at radius 1 is 0.593 bits per heavy atom. The van der Waals surface area contributed by atoms with Crippen molar-refractivity contribution in [2.45, 2.75) is 76.4 Å². The minimum Gasteiger partial charge on any atom is -0.481 e. The van der Waals surface area contributed by atoms with Crippen molar-refractivity contribution in [3.8, 4) is 10.1 Å². The molecule has 4 aromatic rings. The van der Waals surface area contributed by atoms with Gasteiger partial charge in [-0.1, -0.05) is 24.3 Å². The summed E-state index contributed by atoms with van der Waals surface area (Å²) in [6.45, 7) is 1.42. The largest absolute Gasteiger partial charge is 0.481 e. The Morgan fingerprint density at radius 3 is 1.41 bits per heavy atom. The normalized spacial score (nSPS) is 17.4. The standard InChI is InChI=1S/C40H44N6O6S2/c47-37(51-45-23-21-41-39(45)43-29-13-9-27(10-14-29)25-33-17-19-35(53-33)49-31-5-1-2-6-31)38(48)52-46-24-22-42-40(46)44-30-15-11-28(12-16-30)26-34-18-20-36(54-34)50-32-7-3-4-8-32/h9-20,31-32H,1-8,21-26H2,(H,41,43)(H,42,44). The van der Waals surface area contributed by atoms with E-state index >= 15 is 0 Å². The SMILES string of the molecule is O=C(ON1CCN=C1Nc1ccc(Cc2ccc(OC3CCCC3)s2)cc1)C(=O)ON1CCN=C1Nc1ccc(Cc2ccc(OC3CCCC3)s2)cc1.